The van der Waals surface area contributed by atoms with Gasteiger partial charge in [0.25, 0.3) is 5.91 Å². The van der Waals surface area contributed by atoms with Gasteiger partial charge in [-0.25, -0.2) is 4.98 Å². The number of nitrogens with zero attached hydrogens (tertiary/aromatic N) is 2. The molecule has 0 fully saturated rings. The molecular weight excluding hydrogens is 342 g/mol. The van der Waals surface area contributed by atoms with E-state index in [9.17, 15) is 4.79 Å². The Morgan fingerprint density at radius 3 is 2.81 bits per heavy atom. The van der Waals surface area contributed by atoms with Crippen molar-refractivity contribution in [3.05, 3.63) is 60.4 Å². The maximum Gasteiger partial charge on any atom is 0.252 e. The van der Waals surface area contributed by atoms with Gasteiger partial charge in [-0.3, -0.25) is 9.78 Å². The van der Waals surface area contributed by atoms with E-state index in [2.05, 4.69) is 15.3 Å². The summed E-state index contributed by atoms with van der Waals surface area (Å²) in [4.78, 5) is 21.6. The third kappa shape index (κ3) is 5.09. The number of carbonyl (C=O) groups is 1. The Morgan fingerprint density at radius 2 is 2.00 bits per heavy atom. The molecule has 6 heteroatoms. The molecule has 3 aromatic rings. The van der Waals surface area contributed by atoms with Crippen LogP contribution in [0.15, 0.2) is 54.9 Å². The number of benzene rings is 1. The molecule has 0 unspecified atom stereocenters. The highest BCUT2D eigenvalue weighted by Crippen LogP contribution is 2.24. The van der Waals surface area contributed by atoms with Gasteiger partial charge in [0.05, 0.1) is 30.0 Å². The third-order valence-corrected chi connectivity index (χ3v) is 4.10. The molecule has 0 aliphatic heterocycles. The van der Waals surface area contributed by atoms with Crippen LogP contribution < -0.4 is 5.32 Å². The zero-order valence-electron chi connectivity index (χ0n) is 15.4. The average molecular weight is 365 g/mol. The lowest BCUT2D eigenvalue weighted by atomic mass is 10.0. The fraction of sp³-hybridized carbons (Fsp3) is 0.286. The smallest absolute Gasteiger partial charge is 0.252 e. The number of pyridine rings is 2. The first-order valence-corrected chi connectivity index (χ1v) is 8.94. The summed E-state index contributed by atoms with van der Waals surface area (Å²) in [5, 5.41) is 3.80. The Morgan fingerprint density at radius 1 is 1.11 bits per heavy atom. The zero-order chi connectivity index (χ0) is 18.9. The number of hydrogen-bond donors (Lipinski definition) is 1. The van der Waals surface area contributed by atoms with Crippen molar-refractivity contribution in [3.8, 4) is 11.3 Å². The fourth-order valence-electron chi connectivity index (χ4n) is 2.74. The molecule has 0 spiro atoms. The lowest BCUT2D eigenvalue weighted by Crippen LogP contribution is -2.25. The van der Waals surface area contributed by atoms with Crippen molar-refractivity contribution in [2.75, 3.05) is 33.5 Å². The minimum absolute atomic E-state index is 0.115. The number of rotatable bonds is 9. The van der Waals surface area contributed by atoms with Crippen LogP contribution in [0, 0.1) is 0 Å². The Balaban J connectivity index is 1.73. The number of carbonyl (C=O) groups excluding carboxylic acids is 1. The Kier molecular flexibility index (Phi) is 6.84. The first-order chi connectivity index (χ1) is 13.3. The second-order valence-electron chi connectivity index (χ2n) is 6.03. The topological polar surface area (TPSA) is 73.3 Å². The third-order valence-electron chi connectivity index (χ3n) is 4.10. The minimum Gasteiger partial charge on any atom is -0.382 e. The lowest BCUT2D eigenvalue weighted by Gasteiger charge is -2.11. The molecule has 1 N–H and O–H groups in total. The molecule has 0 aliphatic carbocycles. The van der Waals surface area contributed by atoms with Crippen molar-refractivity contribution in [1.29, 1.82) is 0 Å². The monoisotopic (exact) mass is 365 g/mol. The largest absolute Gasteiger partial charge is 0.382 e. The normalized spacial score (nSPS) is 10.9. The van der Waals surface area contributed by atoms with Crippen LogP contribution in [0.3, 0.4) is 0 Å². The zero-order valence-corrected chi connectivity index (χ0v) is 15.4. The van der Waals surface area contributed by atoms with Gasteiger partial charge in [-0.15, -0.1) is 0 Å². The average Bonchev–Trinajstić information content (AvgIpc) is 2.72. The van der Waals surface area contributed by atoms with Gasteiger partial charge in [-0.1, -0.05) is 18.2 Å². The van der Waals surface area contributed by atoms with Gasteiger partial charge in [0, 0.05) is 43.6 Å². The van der Waals surface area contributed by atoms with Crippen LogP contribution in [-0.4, -0.2) is 49.4 Å². The second kappa shape index (κ2) is 9.75. The van der Waals surface area contributed by atoms with Gasteiger partial charge in [0.2, 0.25) is 0 Å². The summed E-state index contributed by atoms with van der Waals surface area (Å²) in [7, 11) is 1.64. The molecule has 6 nitrogen and oxygen atoms in total. The molecule has 2 heterocycles. The lowest BCUT2D eigenvalue weighted by molar-refractivity contribution is 0.0688. The van der Waals surface area contributed by atoms with E-state index in [-0.39, 0.29) is 5.91 Å². The molecule has 0 aliphatic rings. The van der Waals surface area contributed by atoms with E-state index >= 15 is 0 Å². The highest BCUT2D eigenvalue weighted by Gasteiger charge is 2.13. The minimum atomic E-state index is -0.115. The van der Waals surface area contributed by atoms with Gasteiger partial charge >= 0.3 is 0 Å². The molecule has 0 saturated carbocycles. The first kappa shape index (κ1) is 18.9. The van der Waals surface area contributed by atoms with E-state index in [4.69, 9.17) is 9.47 Å². The number of methoxy groups -OCH3 is 1. The number of aromatic nitrogens is 2. The van der Waals surface area contributed by atoms with Gasteiger partial charge in [0.15, 0.2) is 0 Å². The van der Waals surface area contributed by atoms with Crippen LogP contribution in [0.1, 0.15) is 16.8 Å². The highest BCUT2D eigenvalue weighted by atomic mass is 16.5. The van der Waals surface area contributed by atoms with E-state index in [0.29, 0.717) is 31.9 Å². The first-order valence-electron chi connectivity index (χ1n) is 8.94. The Bertz CT molecular complexity index is 884. The van der Waals surface area contributed by atoms with Crippen molar-refractivity contribution in [2.24, 2.45) is 0 Å². The molecular formula is C21H23N3O3. The van der Waals surface area contributed by atoms with Crippen LogP contribution in [0.25, 0.3) is 22.2 Å². The quantitative estimate of drug-likeness (QED) is 0.590. The van der Waals surface area contributed by atoms with Gasteiger partial charge in [-0.2, -0.15) is 0 Å². The van der Waals surface area contributed by atoms with Crippen LogP contribution in [0.2, 0.25) is 0 Å². The number of hydrogen-bond acceptors (Lipinski definition) is 5. The van der Waals surface area contributed by atoms with E-state index in [0.717, 1.165) is 28.6 Å². The number of amides is 1. The van der Waals surface area contributed by atoms with Crippen molar-refractivity contribution < 1.29 is 14.3 Å². The van der Waals surface area contributed by atoms with Crippen LogP contribution >= 0.6 is 0 Å². The van der Waals surface area contributed by atoms with Crippen molar-refractivity contribution >= 4 is 16.8 Å². The molecule has 0 bridgehead atoms. The highest BCUT2D eigenvalue weighted by molar-refractivity contribution is 6.07. The van der Waals surface area contributed by atoms with E-state index in [1.807, 2.05) is 42.5 Å². The van der Waals surface area contributed by atoms with Gasteiger partial charge < -0.3 is 14.8 Å². The predicted octanol–water partition coefficient (Wildman–Crippen LogP) is 3.08. The number of fused-ring (bicyclic) bond motifs is 1. The summed E-state index contributed by atoms with van der Waals surface area (Å²) in [6.07, 6.45) is 4.21. The van der Waals surface area contributed by atoms with Gasteiger partial charge in [0.1, 0.15) is 0 Å². The SMILES string of the molecule is COCCOCCCNC(=O)c1cc(-c2cccnc2)nc2ccccc12. The standard InChI is InChI=1S/C21H23N3O3/c1-26-12-13-27-11-5-10-23-21(25)18-14-20(16-6-4-9-22-15-16)24-19-8-3-2-7-17(18)19/h2-4,6-9,14-15H,5,10-13H2,1H3,(H,23,25). The molecule has 1 amide bonds. The van der Waals surface area contributed by atoms with E-state index in [1.165, 1.54) is 0 Å². The molecule has 140 valence electrons. The van der Waals surface area contributed by atoms with Crippen molar-refractivity contribution in [3.63, 3.8) is 0 Å². The second-order valence-corrected chi connectivity index (χ2v) is 6.03. The predicted molar refractivity (Wildman–Crippen MR) is 105 cm³/mol. The molecule has 3 rings (SSSR count). The maximum absolute atomic E-state index is 12.8. The molecule has 1 aromatic carbocycles. The van der Waals surface area contributed by atoms with Crippen molar-refractivity contribution in [1.82, 2.24) is 15.3 Å². The molecule has 2 aromatic heterocycles. The number of para-hydroxylation sites is 1. The summed E-state index contributed by atoms with van der Waals surface area (Å²) in [6.45, 7) is 2.27. The summed E-state index contributed by atoms with van der Waals surface area (Å²) >= 11 is 0. The Hall–Kier alpha value is -2.83. The molecule has 27 heavy (non-hydrogen) atoms. The van der Waals surface area contributed by atoms with E-state index in [1.54, 1.807) is 19.5 Å². The summed E-state index contributed by atoms with van der Waals surface area (Å²) in [5.41, 5.74) is 3.00. The molecule has 0 saturated heterocycles. The number of nitrogens with one attached hydrogen (secondary N) is 1. The summed E-state index contributed by atoms with van der Waals surface area (Å²) in [6, 6.07) is 13.3. The summed E-state index contributed by atoms with van der Waals surface area (Å²) in [5.74, 6) is -0.115. The van der Waals surface area contributed by atoms with E-state index < -0.39 is 0 Å². The fourth-order valence-corrected chi connectivity index (χ4v) is 2.74. The van der Waals surface area contributed by atoms with Crippen LogP contribution in [0.5, 0.6) is 0 Å². The maximum atomic E-state index is 12.8. The molecule has 0 atom stereocenters. The van der Waals surface area contributed by atoms with Gasteiger partial charge in [-0.05, 0) is 30.7 Å². The van der Waals surface area contributed by atoms with Crippen LogP contribution in [0.4, 0.5) is 0 Å². The number of ether oxygens (including phenoxy) is 2. The summed E-state index contributed by atoms with van der Waals surface area (Å²) < 4.78 is 10.3. The molecule has 0 radical (unpaired) electrons. The van der Waals surface area contributed by atoms with Crippen molar-refractivity contribution in [2.45, 2.75) is 6.42 Å². The Labute approximate surface area is 158 Å². The van der Waals surface area contributed by atoms with Crippen LogP contribution in [-0.2, 0) is 9.47 Å².